The van der Waals surface area contributed by atoms with E-state index in [0.29, 0.717) is 0 Å². The van der Waals surface area contributed by atoms with E-state index in [1.807, 2.05) is 0 Å². The minimum atomic E-state index is -0.840. The smallest absolute Gasteiger partial charge is 0.230 e. The van der Waals surface area contributed by atoms with Gasteiger partial charge >= 0.3 is 5.91 Å². The lowest BCUT2D eigenvalue weighted by Crippen LogP contribution is -2.72. The fourth-order valence-corrected chi connectivity index (χ4v) is 11.7. The highest BCUT2D eigenvalue weighted by molar-refractivity contribution is 6.28. The van der Waals surface area contributed by atoms with Gasteiger partial charge in [-0.05, 0) is 79.7 Å². The van der Waals surface area contributed by atoms with Gasteiger partial charge in [0, 0.05) is 24.3 Å². The third kappa shape index (κ3) is 4.11. The van der Waals surface area contributed by atoms with Crippen molar-refractivity contribution < 1.29 is 27.4 Å². The van der Waals surface area contributed by atoms with Crippen LogP contribution in [0.2, 0.25) is 0 Å². The molecule has 0 amide bonds. The number of aromatic nitrogens is 10. The monoisotopic (exact) mass is 812 g/mol. The summed E-state index contributed by atoms with van der Waals surface area (Å²) < 4.78 is 30.4. The molecule has 306 valence electrons. The Morgan fingerprint density at radius 1 is 0.410 bits per heavy atom. The molecular weight excluding hydrogens is 757 g/mol. The summed E-state index contributed by atoms with van der Waals surface area (Å²) in [7, 11) is 0. The Kier molecular flexibility index (Phi) is 7.58. The molecular formula is C49H56N12+6. The number of imidazole rings is 4. The van der Waals surface area contributed by atoms with E-state index in [0.717, 1.165) is 52.4 Å². The van der Waals surface area contributed by atoms with Gasteiger partial charge in [-0.15, -0.1) is 0 Å². The maximum absolute atomic E-state index is 2.73. The Hall–Kier alpha value is -6.56. The quantitative estimate of drug-likeness (QED) is 0.171. The van der Waals surface area contributed by atoms with E-state index in [1.165, 1.54) is 90.5 Å². The largest absolute Gasteiger partial charge is 0.554 e. The topological polar surface area (TPSA) is 51.1 Å². The molecule has 6 aromatic heterocycles. The molecule has 0 unspecified atom stereocenters. The van der Waals surface area contributed by atoms with E-state index in [2.05, 4.69) is 208 Å². The second kappa shape index (κ2) is 12.7. The third-order valence-corrected chi connectivity index (χ3v) is 14.3. The summed E-state index contributed by atoms with van der Waals surface area (Å²) in [5, 5.41) is 2.45. The molecule has 6 aliphatic heterocycles. The molecule has 0 N–H and O–H groups in total. The van der Waals surface area contributed by atoms with Crippen LogP contribution < -0.4 is 29.0 Å². The normalized spacial score (nSPS) is 17.4. The Morgan fingerprint density at radius 2 is 0.754 bits per heavy atom. The predicted octanol–water partition coefficient (Wildman–Crippen LogP) is 2.94. The molecule has 0 saturated carbocycles. The fourth-order valence-electron chi connectivity index (χ4n) is 11.7. The van der Waals surface area contributed by atoms with Crippen LogP contribution in [0.5, 0.6) is 0 Å². The molecule has 0 saturated heterocycles. The van der Waals surface area contributed by atoms with Crippen molar-refractivity contribution in [1.29, 1.82) is 0 Å². The van der Waals surface area contributed by atoms with Crippen LogP contribution in [0.3, 0.4) is 0 Å². The van der Waals surface area contributed by atoms with E-state index in [1.54, 1.807) is 0 Å². The van der Waals surface area contributed by atoms with Crippen LogP contribution in [0.4, 0.5) is 0 Å². The van der Waals surface area contributed by atoms with Gasteiger partial charge in [0.1, 0.15) is 49.6 Å². The van der Waals surface area contributed by atoms with E-state index in [4.69, 9.17) is 0 Å². The van der Waals surface area contributed by atoms with Gasteiger partial charge in [0.2, 0.25) is 22.8 Å². The minimum absolute atomic E-state index is 0.840. The van der Waals surface area contributed by atoms with Gasteiger partial charge < -0.3 is 0 Å². The van der Waals surface area contributed by atoms with Gasteiger partial charge in [0.15, 0.2) is 22.3 Å². The van der Waals surface area contributed by atoms with Crippen LogP contribution in [0.1, 0.15) is 90.1 Å². The molecule has 6 aromatic rings. The van der Waals surface area contributed by atoms with Crippen LogP contribution in [0, 0.1) is 0 Å². The maximum atomic E-state index is 2.73. The Balaban J connectivity index is 1.36. The summed E-state index contributed by atoms with van der Waals surface area (Å²) in [4.78, 5) is 0. The summed E-state index contributed by atoms with van der Waals surface area (Å²) in [6.07, 6.45) is 27.8. The molecule has 12 heteroatoms. The van der Waals surface area contributed by atoms with E-state index in [9.17, 15) is 0 Å². The molecule has 1 spiro atoms. The average Bonchev–Trinajstić information content (AvgIpc) is 4.15. The Labute approximate surface area is 356 Å². The van der Waals surface area contributed by atoms with E-state index >= 15 is 0 Å². The number of nitrogens with zero attached hydrogens (tertiary/aromatic N) is 12. The molecule has 12 heterocycles. The van der Waals surface area contributed by atoms with Gasteiger partial charge in [0.25, 0.3) is 23.3 Å². The van der Waals surface area contributed by atoms with Gasteiger partial charge in [-0.3, -0.25) is 0 Å². The van der Waals surface area contributed by atoms with Gasteiger partial charge in [0.05, 0.1) is 74.4 Å². The van der Waals surface area contributed by atoms with Crippen molar-refractivity contribution in [3.05, 3.63) is 155 Å². The van der Waals surface area contributed by atoms with Gasteiger partial charge in [-0.25, -0.2) is 36.5 Å². The molecule has 6 aliphatic rings. The second-order valence-corrected chi connectivity index (χ2v) is 16.6. The van der Waals surface area contributed by atoms with Crippen molar-refractivity contribution in [2.45, 2.75) is 114 Å². The molecule has 0 bridgehead atoms. The highest BCUT2D eigenvalue weighted by atomic mass is 15.6. The first-order chi connectivity index (χ1) is 29.9. The lowest BCUT2D eigenvalue weighted by Gasteiger charge is -2.40. The number of hydrogen-bond donors (Lipinski definition) is 0. The van der Waals surface area contributed by atoms with Gasteiger partial charge in [-0.2, -0.15) is 9.13 Å². The molecule has 0 radical (unpaired) electrons. The van der Waals surface area contributed by atoms with E-state index in [-0.39, 0.29) is 0 Å². The summed E-state index contributed by atoms with van der Waals surface area (Å²) in [6.45, 7) is 25.1. The van der Waals surface area contributed by atoms with Crippen LogP contribution in [-0.2, 0) is 58.3 Å². The van der Waals surface area contributed by atoms with Crippen molar-refractivity contribution in [3.8, 4) is 0 Å². The number of allylic oxidation sites excluding steroid dienone is 4. The molecule has 12 nitrogen and oxygen atoms in total. The van der Waals surface area contributed by atoms with Crippen molar-refractivity contribution in [2.75, 3.05) is 0 Å². The zero-order valence-electron chi connectivity index (χ0n) is 36.8. The maximum Gasteiger partial charge on any atom is 0.554 e. The molecule has 12 rings (SSSR count). The zero-order chi connectivity index (χ0) is 41.6. The van der Waals surface area contributed by atoms with Gasteiger partial charge in [-0.1, -0.05) is 9.15 Å². The highest BCUT2D eigenvalue weighted by Gasteiger charge is 2.74. The SMILES string of the molecule is CCn1cc[n+](CC)c1C1=C2C=CC3=[N+]2C24n5c1ccc5C(c1n(CC)cc[n+]1CC)=C1C=CC(=[N+]12)C(c1n(CC)cc[n+]1CC)=c1ccc(n14)=C3c1n(CC)cc[n+]1CC. The van der Waals surface area contributed by atoms with Crippen LogP contribution in [0.15, 0.2) is 110 Å². The first-order valence-electron chi connectivity index (χ1n) is 22.7. The molecule has 0 aliphatic carbocycles. The van der Waals surface area contributed by atoms with Crippen LogP contribution in [-0.4, -0.2) is 48.0 Å². The lowest BCUT2D eigenvalue weighted by atomic mass is 9.98. The summed E-state index contributed by atoms with van der Waals surface area (Å²) >= 11 is 0. The van der Waals surface area contributed by atoms with Crippen LogP contribution >= 0.6 is 0 Å². The predicted molar refractivity (Wildman–Crippen MR) is 231 cm³/mol. The van der Waals surface area contributed by atoms with E-state index < -0.39 is 5.91 Å². The Morgan fingerprint density at radius 3 is 1.08 bits per heavy atom. The first kappa shape index (κ1) is 36.3. The molecule has 0 aromatic carbocycles. The molecule has 61 heavy (non-hydrogen) atoms. The molecule has 0 atom stereocenters. The second-order valence-electron chi connectivity index (χ2n) is 16.6. The van der Waals surface area contributed by atoms with Crippen molar-refractivity contribution in [3.63, 3.8) is 0 Å². The first-order valence-corrected chi connectivity index (χ1v) is 22.7. The van der Waals surface area contributed by atoms with Crippen molar-refractivity contribution in [2.24, 2.45) is 0 Å². The lowest BCUT2D eigenvalue weighted by molar-refractivity contribution is -0.835. The standard InChI is InChI=1S/C49H56N12/c1-9-50-25-26-51(10-2)45(50)41-33-17-19-35-42(46-52(11-3)27-28-53(46)12-4)37-21-23-39-44(48-56(15-7)31-32-57(48)16-8)40-24-22-38-43(47-54(13-5)29-30-55(47)14-6)36-20-18-34(41)59(36)49(58(33)35,60(37)39)61(38)40/h17-32H,9-16H2,1-8H3/q+6. The summed E-state index contributed by atoms with van der Waals surface area (Å²) in [5.41, 5.74) is 12.4. The number of rotatable bonds is 12. The summed E-state index contributed by atoms with van der Waals surface area (Å²) in [5.74, 6) is 4.09. The number of hydrogen-bond acceptors (Lipinski definition) is 0. The highest BCUT2D eigenvalue weighted by Crippen LogP contribution is 2.52. The van der Waals surface area contributed by atoms with Crippen molar-refractivity contribution in [1.82, 2.24) is 27.4 Å². The third-order valence-electron chi connectivity index (χ3n) is 14.3. The molecule has 0 fully saturated rings. The summed E-state index contributed by atoms with van der Waals surface area (Å²) in [6, 6.07) is 9.69. The Bertz CT molecular complexity index is 2990. The van der Waals surface area contributed by atoms with Crippen LogP contribution in [0.25, 0.3) is 22.3 Å². The zero-order valence-corrected chi connectivity index (χ0v) is 36.8. The van der Waals surface area contributed by atoms with Crippen molar-refractivity contribution >= 4 is 33.7 Å². The average molecular weight is 813 g/mol. The number of aryl methyl sites for hydroxylation is 8. The fraction of sp³-hybridized carbons (Fsp3) is 0.347. The minimum Gasteiger partial charge on any atom is -0.230 e.